The van der Waals surface area contributed by atoms with Crippen LogP contribution < -0.4 is 14.4 Å². The lowest BCUT2D eigenvalue weighted by molar-refractivity contribution is -0.140. The molecule has 4 aromatic rings. The minimum absolute atomic E-state index is 0.118. The van der Waals surface area contributed by atoms with Crippen molar-refractivity contribution in [3.05, 3.63) is 130 Å². The second-order valence-corrected chi connectivity index (χ2v) is 13.5. The van der Waals surface area contributed by atoms with Crippen molar-refractivity contribution in [2.45, 2.75) is 39.0 Å². The number of amides is 2. The van der Waals surface area contributed by atoms with Gasteiger partial charge in [0.15, 0.2) is 0 Å². The Hall–Kier alpha value is -4.15. The van der Waals surface area contributed by atoms with Gasteiger partial charge in [-0.1, -0.05) is 95.7 Å². The number of ether oxygens (including phenoxy) is 1. The molecule has 0 aliphatic carbocycles. The van der Waals surface area contributed by atoms with Crippen molar-refractivity contribution in [1.82, 2.24) is 10.2 Å². The first-order valence-electron chi connectivity index (χ1n) is 14.7. The molecule has 45 heavy (non-hydrogen) atoms. The number of nitrogens with zero attached hydrogens (tertiary/aromatic N) is 2. The number of benzene rings is 4. The van der Waals surface area contributed by atoms with Gasteiger partial charge in [0.2, 0.25) is 21.8 Å². The minimum atomic E-state index is -3.87. The van der Waals surface area contributed by atoms with Gasteiger partial charge in [0.25, 0.3) is 0 Å². The van der Waals surface area contributed by atoms with Crippen molar-refractivity contribution < 1.29 is 22.7 Å². The molecule has 4 aromatic carbocycles. The molecule has 0 radical (unpaired) electrons. The third kappa shape index (κ3) is 10.2. The minimum Gasteiger partial charge on any atom is -0.489 e. The van der Waals surface area contributed by atoms with E-state index in [0.717, 1.165) is 38.1 Å². The van der Waals surface area contributed by atoms with Gasteiger partial charge in [0.05, 0.1) is 11.9 Å². The van der Waals surface area contributed by atoms with E-state index in [0.29, 0.717) is 24.6 Å². The van der Waals surface area contributed by atoms with Gasteiger partial charge >= 0.3 is 0 Å². The zero-order chi connectivity index (χ0) is 32.2. The van der Waals surface area contributed by atoms with Gasteiger partial charge in [-0.15, -0.1) is 0 Å². The Bertz CT molecular complexity index is 1630. The van der Waals surface area contributed by atoms with Gasteiger partial charge in [-0.25, -0.2) is 8.42 Å². The van der Waals surface area contributed by atoms with Crippen LogP contribution >= 0.6 is 15.9 Å². The lowest BCUT2D eigenvalue weighted by Crippen LogP contribution is -2.53. The number of sulfonamides is 1. The number of anilines is 1. The maximum Gasteiger partial charge on any atom is 0.244 e. The normalized spacial score (nSPS) is 11.8. The predicted molar refractivity (Wildman–Crippen MR) is 181 cm³/mol. The van der Waals surface area contributed by atoms with Gasteiger partial charge in [-0.05, 0) is 59.5 Å². The Balaban J connectivity index is 1.63. The van der Waals surface area contributed by atoms with E-state index in [-0.39, 0.29) is 18.9 Å². The van der Waals surface area contributed by atoms with Crippen LogP contribution in [0, 0.1) is 0 Å². The van der Waals surface area contributed by atoms with Crippen molar-refractivity contribution in [2.24, 2.45) is 0 Å². The highest BCUT2D eigenvalue weighted by atomic mass is 79.9. The van der Waals surface area contributed by atoms with Crippen LogP contribution in [-0.4, -0.2) is 50.5 Å². The first-order valence-corrected chi connectivity index (χ1v) is 17.4. The number of hydrogen-bond donors (Lipinski definition) is 1. The molecule has 0 aromatic heterocycles. The molecule has 1 N–H and O–H groups in total. The fraction of sp³-hybridized carbons (Fsp3) is 0.257. The zero-order valence-corrected chi connectivity index (χ0v) is 27.8. The summed E-state index contributed by atoms with van der Waals surface area (Å²) in [5.41, 5.74) is 3.01. The van der Waals surface area contributed by atoms with Gasteiger partial charge < -0.3 is 15.0 Å². The summed E-state index contributed by atoms with van der Waals surface area (Å²) >= 11 is 3.45. The molecule has 0 aliphatic rings. The van der Waals surface area contributed by atoms with E-state index < -0.39 is 28.5 Å². The van der Waals surface area contributed by atoms with Crippen LogP contribution in [0.4, 0.5) is 5.69 Å². The molecular formula is C35H38BrN3O5S. The summed E-state index contributed by atoms with van der Waals surface area (Å²) < 4.78 is 33.9. The lowest BCUT2D eigenvalue weighted by Gasteiger charge is -2.33. The van der Waals surface area contributed by atoms with Crippen LogP contribution in [0.3, 0.4) is 0 Å². The summed E-state index contributed by atoms with van der Waals surface area (Å²) in [7, 11) is -3.87. The van der Waals surface area contributed by atoms with Crippen LogP contribution in [0.15, 0.2) is 114 Å². The topological polar surface area (TPSA) is 96.0 Å². The van der Waals surface area contributed by atoms with Crippen LogP contribution in [-0.2, 0) is 39.2 Å². The Labute approximate surface area is 274 Å². The summed E-state index contributed by atoms with van der Waals surface area (Å²) in [5, 5.41) is 2.94. The second kappa shape index (κ2) is 16.2. The first-order chi connectivity index (χ1) is 21.6. The van der Waals surface area contributed by atoms with Gasteiger partial charge in [-0.3, -0.25) is 13.9 Å². The van der Waals surface area contributed by atoms with Gasteiger partial charge in [-0.2, -0.15) is 0 Å². The Morgan fingerprint density at radius 2 is 1.42 bits per heavy atom. The smallest absolute Gasteiger partial charge is 0.244 e. The molecule has 0 unspecified atom stereocenters. The lowest BCUT2D eigenvalue weighted by atomic mass is 10.0. The quantitative estimate of drug-likeness (QED) is 0.166. The first kappa shape index (κ1) is 33.7. The zero-order valence-electron chi connectivity index (χ0n) is 25.4. The standard InChI is InChI=1S/C35H38BrN3O5S/c1-3-22-37-35(41)33(23-27-10-6-4-7-11-27)38(24-28-14-16-30(36)17-15-28)34(40)25-39(45(2,42)43)31-18-20-32(21-19-31)44-26-29-12-8-5-9-13-29/h4-21,33H,3,22-26H2,1-2H3,(H,37,41)/t33-/m1/s1. The molecule has 0 heterocycles. The van der Waals surface area contributed by atoms with E-state index in [1.165, 1.54) is 4.90 Å². The van der Waals surface area contributed by atoms with E-state index in [2.05, 4.69) is 21.2 Å². The summed E-state index contributed by atoms with van der Waals surface area (Å²) in [5.74, 6) is -0.230. The molecular weight excluding hydrogens is 654 g/mol. The van der Waals surface area contributed by atoms with E-state index in [1.807, 2.05) is 91.9 Å². The molecule has 0 aliphatic heterocycles. The molecule has 0 bridgehead atoms. The number of rotatable bonds is 15. The van der Waals surface area contributed by atoms with E-state index in [9.17, 15) is 18.0 Å². The Morgan fingerprint density at radius 1 is 0.822 bits per heavy atom. The molecule has 2 amide bonds. The third-order valence-electron chi connectivity index (χ3n) is 7.14. The number of carbonyl (C=O) groups is 2. The molecule has 0 fully saturated rings. The maximum absolute atomic E-state index is 14.2. The van der Waals surface area contributed by atoms with Crippen LogP contribution in [0.25, 0.3) is 0 Å². The molecule has 0 spiro atoms. The average molecular weight is 693 g/mol. The third-order valence-corrected chi connectivity index (χ3v) is 8.81. The highest BCUT2D eigenvalue weighted by Gasteiger charge is 2.33. The molecule has 10 heteroatoms. The number of halogens is 1. The van der Waals surface area contributed by atoms with Crippen molar-refractivity contribution in [3.8, 4) is 5.75 Å². The summed E-state index contributed by atoms with van der Waals surface area (Å²) in [6.07, 6.45) is 2.07. The SMILES string of the molecule is CCCNC(=O)[C@@H](Cc1ccccc1)N(Cc1ccc(Br)cc1)C(=O)CN(c1ccc(OCc2ccccc2)cc1)S(C)(=O)=O. The van der Waals surface area contributed by atoms with E-state index in [4.69, 9.17) is 4.74 Å². The second-order valence-electron chi connectivity index (χ2n) is 10.7. The molecule has 4 rings (SSSR count). The maximum atomic E-state index is 14.2. The average Bonchev–Trinajstić information content (AvgIpc) is 3.04. The van der Waals surface area contributed by atoms with Crippen LogP contribution in [0.2, 0.25) is 0 Å². The summed E-state index contributed by atoms with van der Waals surface area (Å²) in [6, 6.07) is 32.4. The highest BCUT2D eigenvalue weighted by Crippen LogP contribution is 2.24. The van der Waals surface area contributed by atoms with E-state index >= 15 is 0 Å². The van der Waals surface area contributed by atoms with E-state index in [1.54, 1.807) is 24.3 Å². The monoisotopic (exact) mass is 691 g/mol. The van der Waals surface area contributed by atoms with Crippen LogP contribution in [0.1, 0.15) is 30.0 Å². The van der Waals surface area contributed by atoms with Crippen molar-refractivity contribution in [2.75, 3.05) is 23.7 Å². The van der Waals surface area contributed by atoms with Crippen molar-refractivity contribution in [3.63, 3.8) is 0 Å². The molecule has 0 saturated carbocycles. The summed E-state index contributed by atoms with van der Waals surface area (Å²) in [4.78, 5) is 29.3. The highest BCUT2D eigenvalue weighted by molar-refractivity contribution is 9.10. The molecule has 8 nitrogen and oxygen atoms in total. The molecule has 0 saturated heterocycles. The predicted octanol–water partition coefficient (Wildman–Crippen LogP) is 5.96. The Kier molecular flexibility index (Phi) is 12.2. The largest absolute Gasteiger partial charge is 0.489 e. The molecule has 236 valence electrons. The fourth-order valence-corrected chi connectivity index (χ4v) is 5.88. The number of nitrogens with one attached hydrogen (secondary N) is 1. The number of hydrogen-bond acceptors (Lipinski definition) is 5. The molecule has 1 atom stereocenters. The summed E-state index contributed by atoms with van der Waals surface area (Å²) in [6.45, 7) is 2.42. The van der Waals surface area contributed by atoms with Gasteiger partial charge in [0.1, 0.15) is 24.9 Å². The Morgan fingerprint density at radius 3 is 2.00 bits per heavy atom. The fourth-order valence-electron chi connectivity index (χ4n) is 4.77. The van der Waals surface area contributed by atoms with Gasteiger partial charge in [0, 0.05) is 24.0 Å². The van der Waals surface area contributed by atoms with Crippen molar-refractivity contribution in [1.29, 1.82) is 0 Å². The van der Waals surface area contributed by atoms with Crippen LogP contribution in [0.5, 0.6) is 5.75 Å². The number of carbonyl (C=O) groups excluding carboxylic acids is 2. The van der Waals surface area contributed by atoms with Crippen molar-refractivity contribution >= 4 is 43.5 Å².